The van der Waals surface area contributed by atoms with Crippen LogP contribution in [0.5, 0.6) is 5.75 Å². The molecule has 0 radical (unpaired) electrons. The summed E-state index contributed by atoms with van der Waals surface area (Å²) in [6, 6.07) is 5.16. The quantitative estimate of drug-likeness (QED) is 0.642. The molecule has 3 N–H and O–H groups in total. The molecule has 4 aliphatic carbocycles. The zero-order valence-corrected chi connectivity index (χ0v) is 14.7. The molecule has 4 aliphatic rings. The summed E-state index contributed by atoms with van der Waals surface area (Å²) < 4.78 is 5.18. The Balaban J connectivity index is 1.49. The summed E-state index contributed by atoms with van der Waals surface area (Å²) in [5.41, 5.74) is 7.34. The SMILES string of the molecule is COc1ccc(C(=O)C(C)NC23CC4CC(CC(C4)C2)C3)cc1N. The van der Waals surface area contributed by atoms with Crippen LogP contribution in [0.4, 0.5) is 5.69 Å². The summed E-state index contributed by atoms with van der Waals surface area (Å²) >= 11 is 0. The molecule has 1 aromatic rings. The Morgan fingerprint density at radius 2 is 1.79 bits per heavy atom. The largest absolute Gasteiger partial charge is 0.495 e. The van der Waals surface area contributed by atoms with Crippen molar-refractivity contribution in [1.29, 1.82) is 0 Å². The number of benzene rings is 1. The minimum Gasteiger partial charge on any atom is -0.495 e. The number of carbonyl (C=O) groups excluding carboxylic acids is 1. The highest BCUT2D eigenvalue weighted by Gasteiger charge is 2.51. The van der Waals surface area contributed by atoms with Crippen LogP contribution in [0.1, 0.15) is 55.8 Å². The summed E-state index contributed by atoms with van der Waals surface area (Å²) in [6.07, 6.45) is 8.00. The zero-order chi connectivity index (χ0) is 16.9. The maximum atomic E-state index is 12.9. The topological polar surface area (TPSA) is 64.3 Å². The molecule has 5 rings (SSSR count). The maximum Gasteiger partial charge on any atom is 0.179 e. The standard InChI is InChI=1S/C20H28N2O2/c1-12(19(23)16-3-4-18(24-2)17(21)8-16)22-20-9-13-5-14(10-20)7-15(6-13)11-20/h3-4,8,12-15,22H,5-7,9-11,21H2,1-2H3. The molecule has 0 spiro atoms. The average Bonchev–Trinajstić information content (AvgIpc) is 2.52. The molecule has 0 heterocycles. The molecular formula is C20H28N2O2. The van der Waals surface area contributed by atoms with Gasteiger partial charge in [0.15, 0.2) is 5.78 Å². The third-order valence-corrected chi connectivity index (χ3v) is 6.47. The van der Waals surface area contributed by atoms with E-state index < -0.39 is 0 Å². The highest BCUT2D eigenvalue weighted by Crippen LogP contribution is 2.55. The highest BCUT2D eigenvalue weighted by atomic mass is 16.5. The molecule has 0 amide bonds. The lowest BCUT2D eigenvalue weighted by Gasteiger charge is -2.57. The number of Topliss-reactive ketones (excluding diaryl/α,β-unsaturated/α-hetero) is 1. The van der Waals surface area contributed by atoms with Gasteiger partial charge in [-0.2, -0.15) is 0 Å². The van der Waals surface area contributed by atoms with Crippen molar-refractivity contribution in [3.63, 3.8) is 0 Å². The molecule has 24 heavy (non-hydrogen) atoms. The number of methoxy groups -OCH3 is 1. The summed E-state index contributed by atoms with van der Waals surface area (Å²) in [7, 11) is 1.59. The second kappa shape index (κ2) is 5.76. The van der Waals surface area contributed by atoms with Crippen LogP contribution in [0.3, 0.4) is 0 Å². The van der Waals surface area contributed by atoms with Crippen molar-refractivity contribution in [2.45, 2.75) is 57.0 Å². The van der Waals surface area contributed by atoms with E-state index in [0.29, 0.717) is 17.0 Å². The molecule has 0 aliphatic heterocycles. The van der Waals surface area contributed by atoms with E-state index in [9.17, 15) is 4.79 Å². The van der Waals surface area contributed by atoms with E-state index in [-0.39, 0.29) is 17.4 Å². The van der Waals surface area contributed by atoms with Crippen molar-refractivity contribution in [2.24, 2.45) is 17.8 Å². The summed E-state index contributed by atoms with van der Waals surface area (Å²) in [5, 5.41) is 3.75. The van der Waals surface area contributed by atoms with E-state index >= 15 is 0 Å². The minimum atomic E-state index is -0.172. The van der Waals surface area contributed by atoms with Gasteiger partial charge in [-0.15, -0.1) is 0 Å². The highest BCUT2D eigenvalue weighted by molar-refractivity contribution is 6.00. The van der Waals surface area contributed by atoms with E-state index in [4.69, 9.17) is 10.5 Å². The number of carbonyl (C=O) groups is 1. The average molecular weight is 328 g/mol. The number of hydrogen-bond donors (Lipinski definition) is 2. The van der Waals surface area contributed by atoms with Crippen LogP contribution in [0, 0.1) is 17.8 Å². The van der Waals surface area contributed by atoms with Crippen LogP contribution in [-0.4, -0.2) is 24.5 Å². The molecular weight excluding hydrogens is 300 g/mol. The predicted molar refractivity (Wildman–Crippen MR) is 95.2 cm³/mol. The van der Waals surface area contributed by atoms with Gasteiger partial charge < -0.3 is 15.8 Å². The van der Waals surface area contributed by atoms with Crippen molar-refractivity contribution >= 4 is 11.5 Å². The molecule has 130 valence electrons. The molecule has 4 nitrogen and oxygen atoms in total. The van der Waals surface area contributed by atoms with Crippen LogP contribution >= 0.6 is 0 Å². The monoisotopic (exact) mass is 328 g/mol. The van der Waals surface area contributed by atoms with Gasteiger partial charge in [-0.3, -0.25) is 4.79 Å². The Morgan fingerprint density at radius 1 is 1.21 bits per heavy atom. The van der Waals surface area contributed by atoms with Gasteiger partial charge in [0.1, 0.15) is 5.75 Å². The number of rotatable bonds is 5. The fourth-order valence-electron chi connectivity index (χ4n) is 5.95. The van der Waals surface area contributed by atoms with E-state index in [1.807, 2.05) is 13.0 Å². The van der Waals surface area contributed by atoms with Gasteiger partial charge in [0.2, 0.25) is 0 Å². The van der Waals surface area contributed by atoms with Crippen LogP contribution in [0.15, 0.2) is 18.2 Å². The number of hydrogen-bond acceptors (Lipinski definition) is 4. The second-order valence-corrected chi connectivity index (χ2v) is 8.38. The Morgan fingerprint density at radius 3 is 2.29 bits per heavy atom. The Labute approximate surface area is 144 Å². The van der Waals surface area contributed by atoms with Crippen LogP contribution < -0.4 is 15.8 Å². The minimum absolute atomic E-state index is 0.125. The first-order valence-corrected chi connectivity index (χ1v) is 9.23. The summed E-state index contributed by atoms with van der Waals surface area (Å²) in [4.78, 5) is 12.9. The summed E-state index contributed by atoms with van der Waals surface area (Å²) in [5.74, 6) is 3.38. The molecule has 1 atom stereocenters. The van der Waals surface area contributed by atoms with Crippen molar-refractivity contribution in [3.8, 4) is 5.75 Å². The molecule has 0 saturated heterocycles. The lowest BCUT2D eigenvalue weighted by Crippen LogP contribution is -2.61. The van der Waals surface area contributed by atoms with Gasteiger partial charge in [-0.25, -0.2) is 0 Å². The van der Waals surface area contributed by atoms with Crippen molar-refractivity contribution < 1.29 is 9.53 Å². The smallest absolute Gasteiger partial charge is 0.179 e. The first-order chi connectivity index (χ1) is 11.5. The van der Waals surface area contributed by atoms with Crippen molar-refractivity contribution in [3.05, 3.63) is 23.8 Å². The van der Waals surface area contributed by atoms with Crippen LogP contribution in [0.2, 0.25) is 0 Å². The fraction of sp³-hybridized carbons (Fsp3) is 0.650. The Kier molecular flexibility index (Phi) is 3.83. The number of nitrogen functional groups attached to an aromatic ring is 1. The predicted octanol–water partition coefficient (Wildman–Crippen LogP) is 3.41. The molecule has 1 unspecified atom stereocenters. The third kappa shape index (κ3) is 2.71. The van der Waals surface area contributed by atoms with E-state index in [2.05, 4.69) is 5.32 Å². The van der Waals surface area contributed by atoms with Crippen LogP contribution in [0.25, 0.3) is 0 Å². The Bertz CT molecular complexity index is 620. The number of ether oxygens (including phenoxy) is 1. The lowest BCUT2D eigenvalue weighted by atomic mass is 9.53. The number of ketones is 1. The van der Waals surface area contributed by atoms with Gasteiger partial charge >= 0.3 is 0 Å². The maximum absolute atomic E-state index is 12.9. The molecule has 4 heteroatoms. The summed E-state index contributed by atoms with van der Waals surface area (Å²) in [6.45, 7) is 2.00. The fourth-order valence-corrected chi connectivity index (χ4v) is 5.95. The second-order valence-electron chi connectivity index (χ2n) is 8.38. The normalized spacial score (nSPS) is 35.0. The molecule has 4 bridgehead atoms. The van der Waals surface area contributed by atoms with E-state index in [1.165, 1.54) is 38.5 Å². The van der Waals surface area contributed by atoms with Crippen molar-refractivity contribution in [2.75, 3.05) is 12.8 Å². The zero-order valence-electron chi connectivity index (χ0n) is 14.7. The van der Waals surface area contributed by atoms with Crippen molar-refractivity contribution in [1.82, 2.24) is 5.32 Å². The molecule has 4 fully saturated rings. The van der Waals surface area contributed by atoms with Gasteiger partial charge in [0, 0.05) is 11.1 Å². The number of nitrogens with one attached hydrogen (secondary N) is 1. The van der Waals surface area contributed by atoms with Gasteiger partial charge in [0.25, 0.3) is 0 Å². The first kappa shape index (κ1) is 15.9. The van der Waals surface area contributed by atoms with E-state index in [0.717, 1.165) is 17.8 Å². The first-order valence-electron chi connectivity index (χ1n) is 9.23. The van der Waals surface area contributed by atoms with Gasteiger partial charge in [-0.05, 0) is 81.4 Å². The molecule has 0 aromatic heterocycles. The van der Waals surface area contributed by atoms with E-state index in [1.54, 1.807) is 19.2 Å². The number of anilines is 1. The van der Waals surface area contributed by atoms with Gasteiger partial charge in [-0.1, -0.05) is 0 Å². The van der Waals surface area contributed by atoms with Crippen LogP contribution in [-0.2, 0) is 0 Å². The number of nitrogens with two attached hydrogens (primary N) is 1. The third-order valence-electron chi connectivity index (χ3n) is 6.47. The van der Waals surface area contributed by atoms with Gasteiger partial charge in [0.05, 0.1) is 18.8 Å². The lowest BCUT2D eigenvalue weighted by molar-refractivity contribution is -0.0231. The molecule has 4 saturated carbocycles. The Hall–Kier alpha value is -1.55. The molecule has 1 aromatic carbocycles.